The summed E-state index contributed by atoms with van der Waals surface area (Å²) in [4.78, 5) is 23.6. The van der Waals surface area contributed by atoms with E-state index in [0.717, 1.165) is 28.6 Å². The van der Waals surface area contributed by atoms with Crippen LogP contribution in [0.4, 0.5) is 0 Å². The lowest BCUT2D eigenvalue weighted by atomic mass is 9.89. The van der Waals surface area contributed by atoms with Gasteiger partial charge in [-0.25, -0.2) is 9.97 Å². The van der Waals surface area contributed by atoms with Crippen molar-refractivity contribution in [2.24, 2.45) is 11.8 Å². The van der Waals surface area contributed by atoms with Gasteiger partial charge >= 0.3 is 0 Å². The first-order chi connectivity index (χ1) is 11.5. The van der Waals surface area contributed by atoms with Crippen LogP contribution in [0.15, 0.2) is 11.4 Å². The minimum Gasteiger partial charge on any atom is -0.353 e. The highest BCUT2D eigenvalue weighted by atomic mass is 32.2. The van der Waals surface area contributed by atoms with Crippen LogP contribution in [0.5, 0.6) is 0 Å². The summed E-state index contributed by atoms with van der Waals surface area (Å²) in [6.45, 7) is 8.59. The van der Waals surface area contributed by atoms with E-state index in [9.17, 15) is 4.79 Å². The number of aryl methyl sites for hydroxylation is 1. The van der Waals surface area contributed by atoms with Gasteiger partial charge in [0.2, 0.25) is 5.91 Å². The fourth-order valence-corrected chi connectivity index (χ4v) is 5.20. The third-order valence-corrected chi connectivity index (χ3v) is 6.94. The van der Waals surface area contributed by atoms with Crippen molar-refractivity contribution in [2.75, 3.05) is 5.75 Å². The number of thiophene rings is 1. The molecular formula is C18H25N3OS2. The van der Waals surface area contributed by atoms with Crippen LogP contribution in [0.1, 0.15) is 44.6 Å². The van der Waals surface area contributed by atoms with Gasteiger partial charge in [-0.05, 0) is 43.6 Å². The fourth-order valence-electron chi connectivity index (χ4n) is 2.95. The molecule has 2 aromatic heterocycles. The first kappa shape index (κ1) is 17.7. The summed E-state index contributed by atoms with van der Waals surface area (Å²) in [6, 6.07) is 0.193. The van der Waals surface area contributed by atoms with E-state index in [4.69, 9.17) is 0 Å². The van der Waals surface area contributed by atoms with Gasteiger partial charge in [0.25, 0.3) is 0 Å². The number of nitrogens with zero attached hydrogens (tertiary/aromatic N) is 2. The summed E-state index contributed by atoms with van der Waals surface area (Å²) in [5.41, 5.74) is 1.42. The van der Waals surface area contributed by atoms with E-state index in [-0.39, 0.29) is 11.9 Å². The number of nitrogens with one attached hydrogen (secondary N) is 1. The molecule has 0 radical (unpaired) electrons. The minimum absolute atomic E-state index is 0.0747. The van der Waals surface area contributed by atoms with Crippen LogP contribution in [0.3, 0.4) is 0 Å². The number of amides is 1. The predicted molar refractivity (Wildman–Crippen MR) is 102 cm³/mol. The molecule has 1 aliphatic rings. The molecule has 0 bridgehead atoms. The summed E-state index contributed by atoms with van der Waals surface area (Å²) in [6.07, 6.45) is 5.11. The maximum absolute atomic E-state index is 12.2. The van der Waals surface area contributed by atoms with Crippen LogP contribution in [0, 0.1) is 11.8 Å². The fraction of sp³-hybridized carbons (Fsp3) is 0.611. The molecule has 1 amide bonds. The lowest BCUT2D eigenvalue weighted by molar-refractivity contribution is -0.119. The average molecular weight is 364 g/mol. The Hall–Kier alpha value is -1.14. The summed E-state index contributed by atoms with van der Waals surface area (Å²) in [5.74, 6) is 1.67. The molecule has 0 spiro atoms. The molecule has 6 heteroatoms. The van der Waals surface area contributed by atoms with E-state index in [1.165, 1.54) is 34.0 Å². The van der Waals surface area contributed by atoms with Crippen molar-refractivity contribution in [1.82, 2.24) is 15.3 Å². The summed E-state index contributed by atoms with van der Waals surface area (Å²) in [5, 5.41) is 5.21. The molecule has 4 nitrogen and oxygen atoms in total. The molecular weight excluding hydrogens is 338 g/mol. The molecule has 0 saturated carbocycles. The molecule has 3 rings (SSSR count). The van der Waals surface area contributed by atoms with Gasteiger partial charge in [-0.15, -0.1) is 11.3 Å². The molecule has 24 heavy (non-hydrogen) atoms. The van der Waals surface area contributed by atoms with E-state index >= 15 is 0 Å². The Morgan fingerprint density at radius 3 is 2.96 bits per heavy atom. The molecule has 130 valence electrons. The van der Waals surface area contributed by atoms with Crippen LogP contribution < -0.4 is 5.32 Å². The Balaban J connectivity index is 1.77. The normalized spacial score (nSPS) is 18.6. The molecule has 0 aromatic carbocycles. The van der Waals surface area contributed by atoms with Crippen LogP contribution >= 0.6 is 23.1 Å². The first-order valence-electron chi connectivity index (χ1n) is 8.63. The third kappa shape index (κ3) is 3.75. The number of aromatic nitrogens is 2. The minimum atomic E-state index is 0.0747. The number of hydrogen-bond acceptors (Lipinski definition) is 5. The number of rotatable bonds is 5. The van der Waals surface area contributed by atoms with Crippen molar-refractivity contribution in [3.63, 3.8) is 0 Å². The van der Waals surface area contributed by atoms with Gasteiger partial charge in [0, 0.05) is 16.3 Å². The van der Waals surface area contributed by atoms with Gasteiger partial charge in [0.05, 0.1) is 5.75 Å². The van der Waals surface area contributed by atoms with Crippen LogP contribution in [-0.2, 0) is 17.6 Å². The molecule has 0 aliphatic heterocycles. The van der Waals surface area contributed by atoms with E-state index in [1.54, 1.807) is 17.7 Å². The first-order valence-corrected chi connectivity index (χ1v) is 10.4. The molecule has 1 N–H and O–H groups in total. The molecule has 2 aromatic rings. The summed E-state index contributed by atoms with van der Waals surface area (Å²) in [7, 11) is 0. The SMILES string of the molecule is CC(C)[C@@H](C)NC(=O)CSc1ncnc2sc3c(c12)CC[C@@H](C)C3. The summed E-state index contributed by atoms with van der Waals surface area (Å²) >= 11 is 3.33. The van der Waals surface area contributed by atoms with Gasteiger partial charge in [-0.3, -0.25) is 4.79 Å². The quantitative estimate of drug-likeness (QED) is 0.643. The lowest BCUT2D eigenvalue weighted by Crippen LogP contribution is -2.37. The number of hydrogen-bond donors (Lipinski definition) is 1. The smallest absolute Gasteiger partial charge is 0.230 e. The molecule has 2 atom stereocenters. The largest absolute Gasteiger partial charge is 0.353 e. The Morgan fingerprint density at radius 1 is 1.42 bits per heavy atom. The molecule has 0 unspecified atom stereocenters. The highest BCUT2D eigenvalue weighted by Gasteiger charge is 2.23. The topological polar surface area (TPSA) is 54.9 Å². The Bertz CT molecular complexity index is 741. The Kier molecular flexibility index (Phi) is 5.45. The zero-order valence-corrected chi connectivity index (χ0v) is 16.4. The van der Waals surface area contributed by atoms with Gasteiger partial charge in [0.15, 0.2) is 0 Å². The second-order valence-electron chi connectivity index (χ2n) is 7.10. The van der Waals surface area contributed by atoms with Gasteiger partial charge in [0.1, 0.15) is 16.2 Å². The second kappa shape index (κ2) is 7.40. The monoisotopic (exact) mass is 363 g/mol. The number of carbonyl (C=O) groups excluding carboxylic acids is 1. The maximum atomic E-state index is 12.2. The van der Waals surface area contributed by atoms with Crippen molar-refractivity contribution in [3.8, 4) is 0 Å². The number of fused-ring (bicyclic) bond motifs is 3. The van der Waals surface area contributed by atoms with Gasteiger partial charge in [-0.2, -0.15) is 0 Å². The number of carbonyl (C=O) groups is 1. The van der Waals surface area contributed by atoms with Crippen LogP contribution in [-0.4, -0.2) is 27.7 Å². The lowest BCUT2D eigenvalue weighted by Gasteiger charge is -2.18. The highest BCUT2D eigenvalue weighted by molar-refractivity contribution is 8.00. The van der Waals surface area contributed by atoms with E-state index < -0.39 is 0 Å². The molecule has 1 aliphatic carbocycles. The van der Waals surface area contributed by atoms with Gasteiger partial charge < -0.3 is 5.32 Å². The third-order valence-electron chi connectivity index (χ3n) is 4.79. The zero-order valence-electron chi connectivity index (χ0n) is 14.8. The van der Waals surface area contributed by atoms with Crippen molar-refractivity contribution in [1.29, 1.82) is 0 Å². The Morgan fingerprint density at radius 2 is 2.21 bits per heavy atom. The second-order valence-corrected chi connectivity index (χ2v) is 9.15. The van der Waals surface area contributed by atoms with Crippen molar-refractivity contribution < 1.29 is 4.79 Å². The number of thioether (sulfide) groups is 1. The van der Waals surface area contributed by atoms with E-state index in [1.807, 2.05) is 6.92 Å². The Labute approximate surface area is 151 Å². The van der Waals surface area contributed by atoms with Crippen molar-refractivity contribution in [2.45, 2.75) is 58.0 Å². The molecule has 0 saturated heterocycles. The molecule has 2 heterocycles. The van der Waals surface area contributed by atoms with Crippen LogP contribution in [0.25, 0.3) is 10.2 Å². The van der Waals surface area contributed by atoms with Crippen molar-refractivity contribution in [3.05, 3.63) is 16.8 Å². The average Bonchev–Trinajstić information content (AvgIpc) is 2.90. The highest BCUT2D eigenvalue weighted by Crippen LogP contribution is 2.40. The van der Waals surface area contributed by atoms with Gasteiger partial charge in [-0.1, -0.05) is 32.5 Å². The standard InChI is InChI=1S/C18H25N3OS2/c1-10(2)12(4)21-15(22)8-23-17-16-13-6-5-11(3)7-14(13)24-18(16)20-9-19-17/h9-12H,5-8H2,1-4H3,(H,21,22)/t11-,12-/m1/s1. The maximum Gasteiger partial charge on any atom is 0.230 e. The van der Waals surface area contributed by atoms with E-state index in [0.29, 0.717) is 11.7 Å². The molecule has 0 fully saturated rings. The predicted octanol–water partition coefficient (Wildman–Crippen LogP) is 4.07. The van der Waals surface area contributed by atoms with Crippen LogP contribution in [0.2, 0.25) is 0 Å². The van der Waals surface area contributed by atoms with Crippen molar-refractivity contribution >= 4 is 39.2 Å². The van der Waals surface area contributed by atoms with E-state index in [2.05, 4.69) is 36.1 Å². The summed E-state index contributed by atoms with van der Waals surface area (Å²) < 4.78 is 0. The zero-order chi connectivity index (χ0) is 17.3.